The van der Waals surface area contributed by atoms with Gasteiger partial charge in [-0.3, -0.25) is 14.9 Å². The molecule has 1 aliphatic carbocycles. The van der Waals surface area contributed by atoms with Crippen molar-refractivity contribution in [3.05, 3.63) is 53.0 Å². The van der Waals surface area contributed by atoms with Crippen LogP contribution in [-0.4, -0.2) is 46.9 Å². The van der Waals surface area contributed by atoms with Crippen LogP contribution in [-0.2, 0) is 17.7 Å². The maximum atomic E-state index is 13.0. The first-order valence-corrected chi connectivity index (χ1v) is 10.8. The van der Waals surface area contributed by atoms with Gasteiger partial charge in [0.15, 0.2) is 0 Å². The molecule has 2 heterocycles. The summed E-state index contributed by atoms with van der Waals surface area (Å²) >= 11 is 0. The summed E-state index contributed by atoms with van der Waals surface area (Å²) in [6, 6.07) is 4.08. The number of carbonyl (C=O) groups excluding carboxylic acids is 1. The molecule has 1 aromatic heterocycles. The molecule has 0 saturated heterocycles. The number of aliphatic imine (C=N–C) groups is 1. The first kappa shape index (κ1) is 22.2. The van der Waals surface area contributed by atoms with Crippen molar-refractivity contribution in [1.29, 1.82) is 0 Å². The third-order valence-corrected chi connectivity index (χ3v) is 5.56. The fraction of sp³-hybridized carbons (Fsp3) is 0.542. The molecule has 162 valence electrons. The molecule has 1 amide bonds. The van der Waals surface area contributed by atoms with Gasteiger partial charge in [0.25, 0.3) is 0 Å². The van der Waals surface area contributed by atoms with Gasteiger partial charge in [-0.25, -0.2) is 4.79 Å². The molecule has 0 radical (unpaired) electrons. The van der Waals surface area contributed by atoms with Crippen LogP contribution in [0.25, 0.3) is 0 Å². The van der Waals surface area contributed by atoms with E-state index in [1.165, 1.54) is 5.57 Å². The van der Waals surface area contributed by atoms with Gasteiger partial charge < -0.3 is 10.1 Å². The van der Waals surface area contributed by atoms with Gasteiger partial charge in [0.05, 0.1) is 18.3 Å². The summed E-state index contributed by atoms with van der Waals surface area (Å²) in [7, 11) is 0. The molecule has 0 unspecified atom stereocenters. The number of fused-ring (bicyclic) bond motifs is 1. The Morgan fingerprint density at radius 3 is 2.97 bits per heavy atom. The lowest BCUT2D eigenvalue weighted by Gasteiger charge is -2.38. The average molecular weight is 411 g/mol. The lowest BCUT2D eigenvalue weighted by molar-refractivity contribution is 0.0115. The first-order valence-electron chi connectivity index (χ1n) is 10.8. The molecule has 30 heavy (non-hydrogen) atoms. The van der Waals surface area contributed by atoms with Crippen molar-refractivity contribution < 1.29 is 9.53 Å². The van der Waals surface area contributed by atoms with Crippen LogP contribution in [0.3, 0.4) is 0 Å². The van der Waals surface area contributed by atoms with Gasteiger partial charge in [0.2, 0.25) is 0 Å². The first-order chi connectivity index (χ1) is 14.3. The highest BCUT2D eigenvalue weighted by Crippen LogP contribution is 2.28. The van der Waals surface area contributed by atoms with Crippen LogP contribution >= 0.6 is 0 Å². The Hall–Kier alpha value is -2.47. The van der Waals surface area contributed by atoms with Gasteiger partial charge in [0, 0.05) is 30.9 Å². The molecule has 6 heteroatoms. The van der Waals surface area contributed by atoms with E-state index in [2.05, 4.69) is 34.2 Å². The van der Waals surface area contributed by atoms with E-state index in [4.69, 9.17) is 4.74 Å². The van der Waals surface area contributed by atoms with Gasteiger partial charge in [-0.2, -0.15) is 0 Å². The van der Waals surface area contributed by atoms with Crippen molar-refractivity contribution in [1.82, 2.24) is 15.2 Å². The Bertz CT molecular complexity index is 838. The fourth-order valence-corrected chi connectivity index (χ4v) is 4.21. The second-order valence-electron chi connectivity index (χ2n) is 9.00. The molecule has 1 aromatic rings. The van der Waals surface area contributed by atoms with Crippen LogP contribution in [0.1, 0.15) is 58.2 Å². The van der Waals surface area contributed by atoms with Gasteiger partial charge in [-0.15, -0.1) is 0 Å². The van der Waals surface area contributed by atoms with Crippen LogP contribution in [0.4, 0.5) is 4.79 Å². The van der Waals surface area contributed by atoms with Gasteiger partial charge in [-0.05, 0) is 70.9 Å². The standard InChI is InChI=1S/C24H34N4O2/c1-6-9-17-10-7-12-20(22(17)25-5)27-15-19-14-21-18(11-8-13-26-21)16-28(19)23(29)30-24(2,3)4/h6,8-9,11,13,19-20,27H,5,7,10,12,14-16H2,1-4H3/b9-6-/t19-,20-/m0/s1. The van der Waals surface area contributed by atoms with Crippen LogP contribution in [0, 0.1) is 0 Å². The largest absolute Gasteiger partial charge is 0.444 e. The molecule has 6 nitrogen and oxygen atoms in total. The predicted molar refractivity (Wildman–Crippen MR) is 121 cm³/mol. The van der Waals surface area contributed by atoms with E-state index in [1.54, 1.807) is 0 Å². The quantitative estimate of drug-likeness (QED) is 0.730. The molecule has 0 fully saturated rings. The summed E-state index contributed by atoms with van der Waals surface area (Å²) in [6.07, 6.45) is 9.59. The number of aromatic nitrogens is 1. The summed E-state index contributed by atoms with van der Waals surface area (Å²) in [5, 5.41) is 3.66. The normalized spacial score (nSPS) is 22.2. The average Bonchev–Trinajstić information content (AvgIpc) is 2.70. The smallest absolute Gasteiger partial charge is 0.410 e. The van der Waals surface area contributed by atoms with Gasteiger partial charge in [0.1, 0.15) is 5.60 Å². The molecule has 2 aliphatic rings. The zero-order valence-electron chi connectivity index (χ0n) is 18.6. The van der Waals surface area contributed by atoms with Gasteiger partial charge >= 0.3 is 6.09 Å². The Balaban J connectivity index is 1.78. The molecular weight excluding hydrogens is 376 g/mol. The molecule has 0 bridgehead atoms. The minimum Gasteiger partial charge on any atom is -0.444 e. The third-order valence-electron chi connectivity index (χ3n) is 5.56. The highest BCUT2D eigenvalue weighted by atomic mass is 16.6. The van der Waals surface area contributed by atoms with E-state index in [0.717, 1.165) is 36.2 Å². The van der Waals surface area contributed by atoms with E-state index in [9.17, 15) is 4.79 Å². The summed E-state index contributed by atoms with van der Waals surface area (Å²) < 4.78 is 5.70. The van der Waals surface area contributed by atoms with Crippen molar-refractivity contribution in [3.63, 3.8) is 0 Å². The molecule has 0 saturated carbocycles. The zero-order valence-corrected chi connectivity index (χ0v) is 18.6. The van der Waals surface area contributed by atoms with Crippen molar-refractivity contribution in [2.24, 2.45) is 4.99 Å². The second kappa shape index (κ2) is 9.56. The Morgan fingerprint density at radius 2 is 2.27 bits per heavy atom. The molecule has 0 aromatic carbocycles. The van der Waals surface area contributed by atoms with Crippen molar-refractivity contribution in [3.8, 4) is 0 Å². The summed E-state index contributed by atoms with van der Waals surface area (Å²) in [4.78, 5) is 23.7. The summed E-state index contributed by atoms with van der Waals surface area (Å²) in [5.74, 6) is 0. The number of hydrogen-bond acceptors (Lipinski definition) is 5. The van der Waals surface area contributed by atoms with Crippen LogP contribution < -0.4 is 5.32 Å². The number of rotatable bonds is 5. The number of hydrogen-bond donors (Lipinski definition) is 1. The van der Waals surface area contributed by atoms with E-state index in [-0.39, 0.29) is 18.2 Å². The van der Waals surface area contributed by atoms with Gasteiger partial charge in [-0.1, -0.05) is 18.2 Å². The zero-order chi connectivity index (χ0) is 21.7. The van der Waals surface area contributed by atoms with E-state index >= 15 is 0 Å². The van der Waals surface area contributed by atoms with Crippen LogP contribution in [0.2, 0.25) is 0 Å². The third kappa shape index (κ3) is 5.36. The topological polar surface area (TPSA) is 66.8 Å². The Morgan fingerprint density at radius 1 is 1.47 bits per heavy atom. The number of nitrogens with one attached hydrogen (secondary N) is 1. The predicted octanol–water partition coefficient (Wildman–Crippen LogP) is 4.42. The molecule has 1 N–H and O–H groups in total. The highest BCUT2D eigenvalue weighted by Gasteiger charge is 2.34. The summed E-state index contributed by atoms with van der Waals surface area (Å²) in [6.45, 7) is 12.7. The maximum absolute atomic E-state index is 13.0. The number of carbonyl (C=O) groups is 1. The number of nitrogens with zero attached hydrogens (tertiary/aromatic N) is 3. The maximum Gasteiger partial charge on any atom is 0.410 e. The molecule has 0 spiro atoms. The highest BCUT2D eigenvalue weighted by molar-refractivity contribution is 5.69. The Labute approximate surface area is 180 Å². The molecular formula is C24H34N4O2. The Kier molecular flexibility index (Phi) is 7.08. The molecule has 1 aliphatic heterocycles. The minimum absolute atomic E-state index is 0.0274. The van der Waals surface area contributed by atoms with Crippen molar-refractivity contribution in [2.45, 2.75) is 77.6 Å². The van der Waals surface area contributed by atoms with E-state index in [1.807, 2.05) is 50.9 Å². The lowest BCUT2D eigenvalue weighted by Crippen LogP contribution is -2.52. The SMILES string of the molecule is C=NC1=C(/C=C\C)CCC[C@@H]1NC[C@@H]1Cc2ncccc2CN1C(=O)OC(C)(C)C. The van der Waals surface area contributed by atoms with Crippen molar-refractivity contribution in [2.75, 3.05) is 6.54 Å². The minimum atomic E-state index is -0.530. The fourth-order valence-electron chi connectivity index (χ4n) is 4.21. The number of ether oxygens (including phenoxy) is 1. The number of amides is 1. The molecule has 3 rings (SSSR count). The molecule has 2 atom stereocenters. The summed E-state index contributed by atoms with van der Waals surface area (Å²) in [5.41, 5.74) is 3.88. The number of allylic oxidation sites excluding steroid dienone is 3. The van der Waals surface area contributed by atoms with Crippen LogP contribution in [0.5, 0.6) is 0 Å². The second-order valence-corrected chi connectivity index (χ2v) is 9.00. The monoisotopic (exact) mass is 410 g/mol. The van der Waals surface area contributed by atoms with E-state index < -0.39 is 5.60 Å². The van der Waals surface area contributed by atoms with Crippen molar-refractivity contribution >= 4 is 12.8 Å². The van der Waals surface area contributed by atoms with E-state index in [0.29, 0.717) is 19.5 Å². The van der Waals surface area contributed by atoms with Crippen LogP contribution in [0.15, 0.2) is 46.7 Å². The number of pyridine rings is 1. The lowest BCUT2D eigenvalue weighted by atomic mass is 9.91.